The number of allylic oxidation sites excluding steroid dienone is 1. The van der Waals surface area contributed by atoms with Crippen LogP contribution in [0.5, 0.6) is 11.5 Å². The number of anilines is 1. The van der Waals surface area contributed by atoms with Crippen LogP contribution in [0.1, 0.15) is 27.2 Å². The van der Waals surface area contributed by atoms with Crippen LogP contribution in [0, 0.1) is 17.5 Å². The van der Waals surface area contributed by atoms with E-state index in [-0.39, 0.29) is 51.5 Å². The number of carbonyl (C=O) groups excluding carboxylic acids is 1. The molecule has 0 amide bonds. The van der Waals surface area contributed by atoms with Crippen LogP contribution in [-0.2, 0) is 22.7 Å². The molecule has 0 aliphatic carbocycles. The number of carbonyl (C=O) groups is 2. The van der Waals surface area contributed by atoms with Gasteiger partial charge in [0, 0.05) is 17.7 Å². The Balaban J connectivity index is 0.000000221. The van der Waals surface area contributed by atoms with Gasteiger partial charge < -0.3 is 35.7 Å². The Morgan fingerprint density at radius 2 is 1.28 bits per heavy atom. The fourth-order valence-electron chi connectivity index (χ4n) is 5.71. The van der Waals surface area contributed by atoms with E-state index >= 15 is 8.78 Å². The van der Waals surface area contributed by atoms with Crippen LogP contribution in [0.15, 0.2) is 101 Å². The second-order valence-electron chi connectivity index (χ2n) is 12.1. The minimum Gasteiger partial charge on any atom is -0.492 e. The van der Waals surface area contributed by atoms with Gasteiger partial charge in [-0.3, -0.25) is 0 Å². The zero-order chi connectivity index (χ0) is 42.4. The molecule has 5 aromatic rings. The van der Waals surface area contributed by atoms with Gasteiger partial charge in [0.25, 0.3) is 0 Å². The predicted molar refractivity (Wildman–Crippen MR) is 213 cm³/mol. The number of nitrogens with two attached hydrogens (primary N) is 2. The molecule has 0 fully saturated rings. The van der Waals surface area contributed by atoms with Crippen molar-refractivity contribution in [2.45, 2.75) is 19.2 Å². The van der Waals surface area contributed by atoms with Gasteiger partial charge in [-0.25, -0.2) is 32.1 Å². The zero-order valence-corrected chi connectivity index (χ0v) is 33.2. The minimum atomic E-state index is -1.51. The molecule has 0 saturated carbocycles. The number of carboxylic acids is 1. The number of hydrogen-bond acceptors (Lipinski definition) is 9. The summed E-state index contributed by atoms with van der Waals surface area (Å²) in [5, 5.41) is 8.89. The van der Waals surface area contributed by atoms with Gasteiger partial charge in [0.2, 0.25) is 0 Å². The van der Waals surface area contributed by atoms with Gasteiger partial charge in [0.15, 0.2) is 46.5 Å². The van der Waals surface area contributed by atoms with Crippen molar-refractivity contribution in [1.82, 2.24) is 9.88 Å². The lowest BCUT2D eigenvalue weighted by atomic mass is 9.99. The van der Waals surface area contributed by atoms with Crippen LogP contribution in [0.3, 0.4) is 0 Å². The first-order valence-corrected chi connectivity index (χ1v) is 18.1. The van der Waals surface area contributed by atoms with Crippen molar-refractivity contribution in [3.8, 4) is 22.8 Å². The highest BCUT2D eigenvalue weighted by molar-refractivity contribution is 6.36. The molecule has 302 valence electrons. The smallest absolute Gasteiger partial charge is 0.358 e. The molecule has 5 N–H and O–H groups in total. The molecule has 2 heterocycles. The molecule has 1 aromatic heterocycles. The number of carboxylic acid groups (broad SMARTS) is 1. The number of aromatic nitrogens is 1. The van der Waals surface area contributed by atoms with Gasteiger partial charge >= 0.3 is 11.9 Å². The number of benzene rings is 4. The van der Waals surface area contributed by atoms with Crippen molar-refractivity contribution >= 4 is 69.7 Å². The van der Waals surface area contributed by atoms with Crippen LogP contribution >= 0.6 is 46.4 Å². The van der Waals surface area contributed by atoms with Crippen LogP contribution in [-0.4, -0.2) is 47.2 Å². The van der Waals surface area contributed by atoms with E-state index in [0.29, 0.717) is 5.56 Å². The highest BCUT2D eigenvalue weighted by Gasteiger charge is 2.40. The van der Waals surface area contributed by atoms with Gasteiger partial charge in [-0.2, -0.15) is 0 Å². The van der Waals surface area contributed by atoms with Crippen molar-refractivity contribution in [3.63, 3.8) is 0 Å². The molecule has 58 heavy (non-hydrogen) atoms. The Morgan fingerprint density at radius 1 is 0.759 bits per heavy atom. The van der Waals surface area contributed by atoms with E-state index in [1.54, 1.807) is 54.6 Å². The van der Waals surface area contributed by atoms with Crippen molar-refractivity contribution in [2.24, 2.45) is 5.73 Å². The number of pyridine rings is 1. The Kier molecular flexibility index (Phi) is 14.0. The number of nitrogens with zero attached hydrogens (tertiary/aromatic N) is 2. The Hall–Kier alpha value is -5.67. The van der Waals surface area contributed by atoms with Crippen LogP contribution < -0.4 is 20.9 Å². The van der Waals surface area contributed by atoms with Crippen molar-refractivity contribution in [1.29, 1.82) is 0 Å². The highest BCUT2D eigenvalue weighted by atomic mass is 35.5. The molecular formula is C40H30Cl4F4N4O6. The normalized spacial score (nSPS) is 13.8. The van der Waals surface area contributed by atoms with E-state index in [2.05, 4.69) is 4.98 Å². The van der Waals surface area contributed by atoms with E-state index in [1.165, 1.54) is 38.5 Å². The number of nitrogen functional groups attached to an aromatic ring is 1. The lowest BCUT2D eigenvalue weighted by molar-refractivity contribution is -0.140. The summed E-state index contributed by atoms with van der Waals surface area (Å²) in [5.74, 6) is -6.92. The molecule has 6 rings (SSSR count). The number of hydrogen-bond donors (Lipinski definition) is 3. The molecule has 0 bridgehead atoms. The van der Waals surface area contributed by atoms with Crippen molar-refractivity contribution < 1.29 is 46.5 Å². The lowest BCUT2D eigenvalue weighted by Gasteiger charge is -2.37. The van der Waals surface area contributed by atoms with Crippen LogP contribution in [0.4, 0.5) is 23.2 Å². The molecule has 0 radical (unpaired) electrons. The fourth-order valence-corrected chi connectivity index (χ4v) is 6.65. The number of esters is 1. The summed E-state index contributed by atoms with van der Waals surface area (Å²) < 4.78 is 74.7. The summed E-state index contributed by atoms with van der Waals surface area (Å²) in [7, 11) is 2.42. The van der Waals surface area contributed by atoms with E-state index in [0.717, 1.165) is 10.5 Å². The summed E-state index contributed by atoms with van der Waals surface area (Å²) in [6, 6.07) is 21.1. The first kappa shape index (κ1) is 43.5. The summed E-state index contributed by atoms with van der Waals surface area (Å²) in [4.78, 5) is 29.4. The molecule has 0 spiro atoms. The van der Waals surface area contributed by atoms with Crippen molar-refractivity contribution in [2.75, 3.05) is 20.0 Å². The average molecular weight is 881 g/mol. The molecule has 0 saturated heterocycles. The molecule has 10 nitrogen and oxygen atoms in total. The Morgan fingerprint density at radius 3 is 1.81 bits per heavy atom. The van der Waals surface area contributed by atoms with Gasteiger partial charge in [0.1, 0.15) is 12.3 Å². The second kappa shape index (κ2) is 18.7. The Labute approximate surface area is 348 Å². The van der Waals surface area contributed by atoms with Gasteiger partial charge in [-0.15, -0.1) is 0 Å². The molecular weight excluding hydrogens is 850 g/mol. The SMILES string of the molecule is COc1c(Cl)ccc(-c2nc(C(=O)OCc3ccccc3)c(Cl)c(N)c2F)c1F.COc1c(Cl)ccc(C2=C(F)C(N)=C(Cl)C(C(=O)O)N2Cc2ccccc2)c1F. The van der Waals surface area contributed by atoms with Crippen LogP contribution in [0.25, 0.3) is 17.0 Å². The van der Waals surface area contributed by atoms with Gasteiger partial charge in [0.05, 0.1) is 51.4 Å². The number of aliphatic carboxylic acids is 1. The summed E-state index contributed by atoms with van der Waals surface area (Å²) >= 11 is 23.9. The monoisotopic (exact) mass is 878 g/mol. The molecule has 4 aromatic carbocycles. The van der Waals surface area contributed by atoms with Gasteiger partial charge in [-0.05, 0) is 35.4 Å². The Bertz CT molecular complexity index is 2440. The molecule has 1 atom stereocenters. The largest absolute Gasteiger partial charge is 0.492 e. The van der Waals surface area contributed by atoms with Gasteiger partial charge in [-0.1, -0.05) is 107 Å². The number of ether oxygens (including phenoxy) is 3. The van der Waals surface area contributed by atoms with E-state index in [4.69, 9.17) is 72.1 Å². The van der Waals surface area contributed by atoms with Crippen molar-refractivity contribution in [3.05, 3.63) is 156 Å². The topological polar surface area (TPSA) is 150 Å². The first-order valence-electron chi connectivity index (χ1n) is 16.6. The molecule has 1 aliphatic heterocycles. The van der Waals surface area contributed by atoms with E-state index in [1.807, 2.05) is 6.07 Å². The summed E-state index contributed by atoms with van der Waals surface area (Å²) in [6.07, 6.45) is 0. The maximum atomic E-state index is 15.2. The third kappa shape index (κ3) is 8.90. The maximum absolute atomic E-state index is 15.2. The third-order valence-electron chi connectivity index (χ3n) is 8.51. The predicted octanol–water partition coefficient (Wildman–Crippen LogP) is 9.79. The van der Waals surface area contributed by atoms with Crippen LogP contribution in [0.2, 0.25) is 15.1 Å². The number of rotatable bonds is 10. The number of halogens is 8. The molecule has 1 unspecified atom stereocenters. The molecule has 1 aliphatic rings. The highest BCUT2D eigenvalue weighted by Crippen LogP contribution is 2.43. The summed E-state index contributed by atoms with van der Waals surface area (Å²) in [5.41, 5.74) is 9.81. The third-order valence-corrected chi connectivity index (χ3v) is 9.89. The first-order chi connectivity index (χ1) is 27.6. The fraction of sp³-hybridized carbons (Fsp3) is 0.125. The summed E-state index contributed by atoms with van der Waals surface area (Å²) in [6.45, 7) is -0.123. The lowest BCUT2D eigenvalue weighted by Crippen LogP contribution is -2.44. The standard InChI is InChI=1S/C20H14Cl2F2N2O3.C20H16Cl2F2N2O3/c1-28-19-12(21)8-7-11(14(19)23)17-15(24)16(25)13(22)18(26-17)20(27)29-9-10-5-3-2-4-6-10;1-29-19-12(21)8-7-11(14(19)23)17-15(24)16(25)13(22)18(20(27)28)26(17)9-10-5-3-2-4-6-10/h2-8H,9H2,1H3,(H2,25,26);2-8,18H,9,25H2,1H3,(H,27,28). The molecule has 18 heteroatoms. The quantitative estimate of drug-likeness (QED) is 0.0914. The average Bonchev–Trinajstić information content (AvgIpc) is 3.21. The number of methoxy groups -OCH3 is 2. The van der Waals surface area contributed by atoms with E-state index < -0.39 is 74.1 Å². The minimum absolute atomic E-state index is 0.0152. The zero-order valence-electron chi connectivity index (χ0n) is 30.1. The van der Waals surface area contributed by atoms with E-state index in [9.17, 15) is 23.5 Å². The second-order valence-corrected chi connectivity index (χ2v) is 13.7. The maximum Gasteiger partial charge on any atom is 0.358 e.